The summed E-state index contributed by atoms with van der Waals surface area (Å²) < 4.78 is 73.9. The number of methoxy groups -OCH3 is 1. The third kappa shape index (κ3) is 9.58. The first-order chi connectivity index (χ1) is 27.7. The fourth-order valence-electron chi connectivity index (χ4n) is 7.87. The second-order valence-electron chi connectivity index (χ2n) is 17.2. The van der Waals surface area contributed by atoms with Gasteiger partial charge in [-0.25, -0.2) is 22.0 Å². The largest absolute Gasteiger partial charge is 0.471 e. The molecule has 0 bridgehead atoms. The summed E-state index contributed by atoms with van der Waals surface area (Å²) in [7, 11) is -2.40. The van der Waals surface area contributed by atoms with Gasteiger partial charge in [0.2, 0.25) is 27.7 Å². The zero-order valence-electron chi connectivity index (χ0n) is 34.5. The van der Waals surface area contributed by atoms with Crippen LogP contribution < -0.4 is 15.4 Å². The van der Waals surface area contributed by atoms with E-state index in [1.807, 2.05) is 43.3 Å². The molecule has 5 aliphatic rings. The zero-order valence-corrected chi connectivity index (χ0v) is 35.3. The minimum atomic E-state index is -3.97. The number of alkyl carbamates (subject to hydrolysis) is 1. The van der Waals surface area contributed by atoms with Crippen molar-refractivity contribution in [3.05, 3.63) is 54.1 Å². The number of fused-ring (bicyclic) bond motifs is 3. The Bertz CT molecular complexity index is 2000. The third-order valence-electron chi connectivity index (χ3n) is 12.1. The Morgan fingerprint density at radius 1 is 1.08 bits per heavy atom. The first kappa shape index (κ1) is 44.0. The molecule has 1 aromatic carbocycles. The van der Waals surface area contributed by atoms with Gasteiger partial charge in [0.25, 0.3) is 11.8 Å². The summed E-state index contributed by atoms with van der Waals surface area (Å²) in [6.07, 6.45) is 4.23. The summed E-state index contributed by atoms with van der Waals surface area (Å²) >= 11 is 0. The molecule has 59 heavy (non-hydrogen) atoms. The number of halogens is 2. The Labute approximate surface area is 344 Å². The topological polar surface area (TPSA) is 185 Å². The van der Waals surface area contributed by atoms with E-state index in [0.717, 1.165) is 19.4 Å². The van der Waals surface area contributed by atoms with Gasteiger partial charge in [-0.15, -0.1) is 5.10 Å². The number of allylic oxidation sites excluding steroid dienone is 1. The van der Waals surface area contributed by atoms with Gasteiger partial charge in [-0.1, -0.05) is 50.8 Å². The number of benzene rings is 1. The standard InChI is InChI=1S/C41H56F2N6O9S/c1-24-12-8-9-13-27-22-41(27,37(52)47-59(54,55)29-16-17-29)45-34(50)32-21-28(57-35-31-15-11-10-14-30(31)26(3)49(46-35)18-19-56-7)23-48(32)36(51)33(25(2)20-24)44-38(53)58-39(4,5)40(6,42)43/h9-11,13-15,24-25,27-29,32-33H,3,8,12,16-23H2,1-2,4-7H3,(H,44,53)(H,45,50)(H,47,52). The van der Waals surface area contributed by atoms with Crippen molar-refractivity contribution in [2.75, 3.05) is 26.8 Å². The van der Waals surface area contributed by atoms with Crippen molar-refractivity contribution in [3.8, 4) is 0 Å². The van der Waals surface area contributed by atoms with Gasteiger partial charge in [0.05, 0.1) is 30.6 Å². The SMILES string of the molecule is C=C1c2ccccc2C(OC2CC3C(=O)NC4(C(=O)NS(=O)(=O)C5CC5)CC4C=CCCC(C)CC(C)C(NC(=O)OC(C)(C)C(C)(F)F)C(=O)N3C2)=NN1CCOC. The second kappa shape index (κ2) is 16.8. The average molecular weight is 847 g/mol. The smallest absolute Gasteiger partial charge is 0.408 e. The molecule has 3 aliphatic heterocycles. The monoisotopic (exact) mass is 846 g/mol. The number of alkyl halides is 2. The molecule has 2 saturated carbocycles. The lowest BCUT2D eigenvalue weighted by Crippen LogP contribution is -2.59. The van der Waals surface area contributed by atoms with Crippen molar-refractivity contribution >= 4 is 45.4 Å². The van der Waals surface area contributed by atoms with Crippen molar-refractivity contribution in [1.29, 1.82) is 0 Å². The third-order valence-corrected chi connectivity index (χ3v) is 13.9. The lowest BCUT2D eigenvalue weighted by Gasteiger charge is -2.35. The molecule has 1 aromatic rings. The summed E-state index contributed by atoms with van der Waals surface area (Å²) in [4.78, 5) is 57.9. The van der Waals surface area contributed by atoms with Gasteiger partial charge < -0.3 is 29.7 Å². The molecular formula is C41H56F2N6O9S. The summed E-state index contributed by atoms with van der Waals surface area (Å²) in [5, 5.41) is 11.1. The molecule has 3 heterocycles. The highest BCUT2D eigenvalue weighted by Gasteiger charge is 2.62. The number of hydrogen-bond acceptors (Lipinski definition) is 11. The van der Waals surface area contributed by atoms with E-state index in [0.29, 0.717) is 63.4 Å². The van der Waals surface area contributed by atoms with E-state index in [4.69, 9.17) is 19.3 Å². The van der Waals surface area contributed by atoms with Crippen molar-refractivity contribution < 1.29 is 50.6 Å². The van der Waals surface area contributed by atoms with Crippen LogP contribution in [0.3, 0.4) is 0 Å². The van der Waals surface area contributed by atoms with Crippen LogP contribution in [0.5, 0.6) is 0 Å². The Balaban J connectivity index is 1.35. The molecule has 0 aromatic heterocycles. The van der Waals surface area contributed by atoms with E-state index < -0.39 is 86.2 Å². The van der Waals surface area contributed by atoms with Gasteiger partial charge in [0.15, 0.2) is 5.60 Å². The highest BCUT2D eigenvalue weighted by atomic mass is 32.2. The number of hydrogen-bond donors (Lipinski definition) is 3. The molecule has 0 spiro atoms. The molecule has 18 heteroatoms. The van der Waals surface area contributed by atoms with E-state index in [1.165, 1.54) is 4.90 Å². The second-order valence-corrected chi connectivity index (χ2v) is 19.1. The summed E-state index contributed by atoms with van der Waals surface area (Å²) in [5.41, 5.74) is -1.82. The number of amides is 4. The van der Waals surface area contributed by atoms with E-state index >= 15 is 0 Å². The van der Waals surface area contributed by atoms with E-state index in [1.54, 1.807) is 19.0 Å². The fraction of sp³-hybridized carbons (Fsp3) is 0.634. The van der Waals surface area contributed by atoms with Crippen molar-refractivity contribution in [1.82, 2.24) is 25.3 Å². The van der Waals surface area contributed by atoms with Gasteiger partial charge >= 0.3 is 6.09 Å². The van der Waals surface area contributed by atoms with Crippen LogP contribution in [0.25, 0.3) is 5.70 Å². The molecule has 3 fully saturated rings. The quantitative estimate of drug-likeness (QED) is 0.287. The van der Waals surface area contributed by atoms with Crippen LogP contribution in [0.2, 0.25) is 0 Å². The first-order valence-electron chi connectivity index (χ1n) is 20.2. The molecule has 15 nitrogen and oxygen atoms in total. The molecule has 2 aliphatic carbocycles. The van der Waals surface area contributed by atoms with Crippen LogP contribution >= 0.6 is 0 Å². The van der Waals surface area contributed by atoms with Crippen LogP contribution in [0.15, 0.2) is 48.1 Å². The van der Waals surface area contributed by atoms with E-state index in [2.05, 4.69) is 21.9 Å². The average Bonchev–Trinajstić information content (AvgIpc) is 4.09. The zero-order chi connectivity index (χ0) is 43.1. The Morgan fingerprint density at radius 3 is 2.44 bits per heavy atom. The van der Waals surface area contributed by atoms with Gasteiger partial charge in [-0.3, -0.25) is 24.1 Å². The van der Waals surface area contributed by atoms with Gasteiger partial charge in [-0.05, 0) is 70.3 Å². The van der Waals surface area contributed by atoms with Crippen LogP contribution in [-0.2, 0) is 38.6 Å². The number of ether oxygens (including phenoxy) is 3. The molecule has 7 atom stereocenters. The number of hydrazone groups is 1. The summed E-state index contributed by atoms with van der Waals surface area (Å²) in [5.74, 6) is -6.53. The summed E-state index contributed by atoms with van der Waals surface area (Å²) in [6.45, 7) is 11.2. The molecule has 1 saturated heterocycles. The minimum absolute atomic E-state index is 0.0191. The summed E-state index contributed by atoms with van der Waals surface area (Å²) in [6, 6.07) is 4.75. The van der Waals surface area contributed by atoms with Crippen LogP contribution in [0.1, 0.15) is 90.7 Å². The number of nitrogens with one attached hydrogen (secondary N) is 3. The van der Waals surface area contributed by atoms with Crippen LogP contribution in [-0.4, -0.2) is 115 Å². The normalized spacial score (nSPS) is 29.2. The molecule has 6 rings (SSSR count). The highest BCUT2D eigenvalue weighted by Crippen LogP contribution is 2.46. The number of carbonyl (C=O) groups excluding carboxylic acids is 4. The Hall–Kier alpha value is -4.58. The van der Waals surface area contributed by atoms with E-state index in [-0.39, 0.29) is 31.2 Å². The van der Waals surface area contributed by atoms with Crippen molar-refractivity contribution in [2.24, 2.45) is 22.9 Å². The van der Waals surface area contributed by atoms with Gasteiger partial charge in [0.1, 0.15) is 23.7 Å². The predicted molar refractivity (Wildman–Crippen MR) is 214 cm³/mol. The molecule has 7 unspecified atom stereocenters. The maximum atomic E-state index is 14.9. The van der Waals surface area contributed by atoms with Crippen molar-refractivity contribution in [3.63, 3.8) is 0 Å². The van der Waals surface area contributed by atoms with Crippen LogP contribution in [0.4, 0.5) is 13.6 Å². The molecular weight excluding hydrogens is 791 g/mol. The predicted octanol–water partition coefficient (Wildman–Crippen LogP) is 4.29. The number of nitrogens with zero attached hydrogens (tertiary/aromatic N) is 3. The molecule has 0 radical (unpaired) electrons. The molecule has 4 amide bonds. The Morgan fingerprint density at radius 2 is 1.78 bits per heavy atom. The van der Waals surface area contributed by atoms with Crippen molar-refractivity contribution in [2.45, 2.75) is 120 Å². The number of sulfonamides is 1. The lowest BCUT2D eigenvalue weighted by atomic mass is 9.88. The molecule has 324 valence electrons. The fourth-order valence-corrected chi connectivity index (χ4v) is 9.23. The Kier molecular flexibility index (Phi) is 12.5. The minimum Gasteiger partial charge on any atom is -0.471 e. The van der Waals surface area contributed by atoms with E-state index in [9.17, 15) is 36.4 Å². The van der Waals surface area contributed by atoms with Crippen LogP contribution in [0, 0.1) is 17.8 Å². The highest BCUT2D eigenvalue weighted by molar-refractivity contribution is 7.91. The lowest BCUT2D eigenvalue weighted by molar-refractivity contribution is -0.152. The number of carbonyl (C=O) groups is 4. The molecule has 3 N–H and O–H groups in total. The van der Waals surface area contributed by atoms with Gasteiger partial charge in [0, 0.05) is 37.5 Å². The maximum Gasteiger partial charge on any atom is 0.408 e. The number of rotatable bonds is 10. The first-order valence-corrected chi connectivity index (χ1v) is 21.7. The van der Waals surface area contributed by atoms with Gasteiger partial charge in [-0.2, -0.15) is 0 Å². The maximum absolute atomic E-state index is 14.9.